The maximum atomic E-state index is 9.34. The minimum atomic E-state index is -0.244. The molecule has 0 aliphatic heterocycles. The molecule has 4 unspecified atom stereocenters. The van der Waals surface area contributed by atoms with E-state index >= 15 is 0 Å². The summed E-state index contributed by atoms with van der Waals surface area (Å²) in [4.78, 5) is 2.22. The molecule has 3 heteroatoms. The largest absolute Gasteiger partial charge is 0.392 e. The predicted molar refractivity (Wildman–Crippen MR) is 68.3 cm³/mol. The summed E-state index contributed by atoms with van der Waals surface area (Å²) >= 11 is 0. The Kier molecular flexibility index (Phi) is 5.73. The van der Waals surface area contributed by atoms with Gasteiger partial charge < -0.3 is 15.7 Å². The van der Waals surface area contributed by atoms with Gasteiger partial charge in [0.2, 0.25) is 0 Å². The number of hydrogen-bond donors (Lipinski definition) is 2. The summed E-state index contributed by atoms with van der Waals surface area (Å²) in [6.45, 7) is 5.90. The average Bonchev–Trinajstić information content (AvgIpc) is 2.20. The monoisotopic (exact) mass is 228 g/mol. The zero-order valence-electron chi connectivity index (χ0n) is 11.0. The van der Waals surface area contributed by atoms with Crippen molar-refractivity contribution < 1.29 is 5.11 Å². The molecule has 3 nitrogen and oxygen atoms in total. The normalized spacial score (nSPS) is 33.0. The Morgan fingerprint density at radius 3 is 2.69 bits per heavy atom. The molecule has 1 rings (SSSR count). The van der Waals surface area contributed by atoms with Crippen LogP contribution in [0.4, 0.5) is 0 Å². The molecule has 0 aromatic carbocycles. The van der Waals surface area contributed by atoms with E-state index in [4.69, 9.17) is 5.73 Å². The lowest BCUT2D eigenvalue weighted by molar-refractivity contribution is 0.112. The van der Waals surface area contributed by atoms with Crippen LogP contribution in [0.1, 0.15) is 39.5 Å². The third kappa shape index (κ3) is 4.40. The fourth-order valence-electron chi connectivity index (χ4n) is 2.89. The average molecular weight is 228 g/mol. The molecule has 96 valence electrons. The molecular weight excluding hydrogens is 200 g/mol. The number of aliphatic hydroxyl groups excluding tert-OH is 1. The van der Waals surface area contributed by atoms with Gasteiger partial charge in [-0.05, 0) is 45.1 Å². The first kappa shape index (κ1) is 13.9. The van der Waals surface area contributed by atoms with E-state index in [9.17, 15) is 5.11 Å². The maximum absolute atomic E-state index is 9.34. The van der Waals surface area contributed by atoms with Crippen LogP contribution in [0.25, 0.3) is 0 Å². The van der Waals surface area contributed by atoms with Gasteiger partial charge in [-0.2, -0.15) is 0 Å². The first-order valence-electron chi connectivity index (χ1n) is 6.65. The van der Waals surface area contributed by atoms with Crippen molar-refractivity contribution in [3.05, 3.63) is 0 Å². The summed E-state index contributed by atoms with van der Waals surface area (Å²) < 4.78 is 0. The summed E-state index contributed by atoms with van der Waals surface area (Å²) in [6.07, 6.45) is 4.78. The highest BCUT2D eigenvalue weighted by Gasteiger charge is 2.28. The molecule has 0 spiro atoms. The molecule has 16 heavy (non-hydrogen) atoms. The van der Waals surface area contributed by atoms with E-state index in [1.165, 1.54) is 25.7 Å². The second-order valence-corrected chi connectivity index (χ2v) is 5.58. The van der Waals surface area contributed by atoms with E-state index in [2.05, 4.69) is 18.9 Å². The van der Waals surface area contributed by atoms with E-state index in [0.717, 1.165) is 19.0 Å². The number of hydrogen-bond acceptors (Lipinski definition) is 3. The van der Waals surface area contributed by atoms with Crippen LogP contribution in [-0.4, -0.2) is 42.3 Å². The fraction of sp³-hybridized carbons (Fsp3) is 1.00. The number of rotatable bonds is 5. The molecule has 0 aromatic rings. The van der Waals surface area contributed by atoms with Crippen molar-refractivity contribution in [1.82, 2.24) is 4.90 Å². The summed E-state index contributed by atoms with van der Waals surface area (Å²) in [5, 5.41) is 9.34. The van der Waals surface area contributed by atoms with Crippen LogP contribution in [0.15, 0.2) is 0 Å². The van der Waals surface area contributed by atoms with E-state index in [0.29, 0.717) is 12.0 Å². The molecule has 1 fully saturated rings. The summed E-state index contributed by atoms with van der Waals surface area (Å²) in [6, 6.07) is 0.360. The highest BCUT2D eigenvalue weighted by atomic mass is 16.3. The quantitative estimate of drug-likeness (QED) is 0.749. The molecule has 0 amide bonds. The summed E-state index contributed by atoms with van der Waals surface area (Å²) in [5.41, 5.74) is 6.19. The van der Waals surface area contributed by atoms with Crippen molar-refractivity contribution in [2.75, 3.05) is 20.1 Å². The minimum Gasteiger partial charge on any atom is -0.392 e. The van der Waals surface area contributed by atoms with Crippen LogP contribution >= 0.6 is 0 Å². The zero-order valence-corrected chi connectivity index (χ0v) is 11.0. The van der Waals surface area contributed by atoms with Gasteiger partial charge in [0, 0.05) is 19.1 Å². The van der Waals surface area contributed by atoms with Crippen LogP contribution < -0.4 is 5.73 Å². The van der Waals surface area contributed by atoms with Gasteiger partial charge in [-0.15, -0.1) is 0 Å². The molecule has 0 aromatic heterocycles. The molecule has 0 saturated heterocycles. The third-order valence-corrected chi connectivity index (χ3v) is 3.85. The number of likely N-dealkylation sites (N-methyl/N-ethyl adjacent to an activating group) is 1. The lowest BCUT2D eigenvalue weighted by Crippen LogP contribution is -2.43. The van der Waals surface area contributed by atoms with Gasteiger partial charge in [-0.1, -0.05) is 13.3 Å². The van der Waals surface area contributed by atoms with Gasteiger partial charge in [0.25, 0.3) is 0 Å². The van der Waals surface area contributed by atoms with Gasteiger partial charge in [-0.25, -0.2) is 0 Å². The van der Waals surface area contributed by atoms with Gasteiger partial charge >= 0.3 is 0 Å². The van der Waals surface area contributed by atoms with Gasteiger partial charge in [-0.3, -0.25) is 0 Å². The number of aliphatic hydroxyl groups is 1. The molecular formula is C13H28N2O. The van der Waals surface area contributed by atoms with Crippen molar-refractivity contribution in [3.8, 4) is 0 Å². The Morgan fingerprint density at radius 1 is 1.44 bits per heavy atom. The second-order valence-electron chi connectivity index (χ2n) is 5.58. The first-order valence-corrected chi connectivity index (χ1v) is 6.65. The van der Waals surface area contributed by atoms with Crippen LogP contribution in [0.5, 0.6) is 0 Å². The number of nitrogens with zero attached hydrogens (tertiary/aromatic N) is 1. The van der Waals surface area contributed by atoms with Gasteiger partial charge in [0.05, 0.1) is 6.10 Å². The lowest BCUT2D eigenvalue weighted by atomic mass is 9.77. The Balaban J connectivity index is 2.38. The Bertz CT molecular complexity index is 196. The Hall–Kier alpha value is -0.120. The third-order valence-electron chi connectivity index (χ3n) is 3.85. The molecule has 1 saturated carbocycles. The van der Waals surface area contributed by atoms with Crippen molar-refractivity contribution >= 4 is 0 Å². The van der Waals surface area contributed by atoms with Crippen molar-refractivity contribution in [2.45, 2.75) is 51.7 Å². The van der Waals surface area contributed by atoms with Crippen LogP contribution in [0.3, 0.4) is 0 Å². The number of nitrogens with two attached hydrogens (primary N) is 1. The molecule has 0 bridgehead atoms. The van der Waals surface area contributed by atoms with E-state index in [1.54, 1.807) is 0 Å². The summed E-state index contributed by atoms with van der Waals surface area (Å²) in [5.74, 6) is 1.48. The Morgan fingerprint density at radius 2 is 2.12 bits per heavy atom. The highest BCUT2D eigenvalue weighted by molar-refractivity contribution is 4.83. The van der Waals surface area contributed by atoms with E-state index in [1.807, 2.05) is 6.92 Å². The highest BCUT2D eigenvalue weighted by Crippen LogP contribution is 2.30. The first-order chi connectivity index (χ1) is 7.52. The minimum absolute atomic E-state index is 0.244. The van der Waals surface area contributed by atoms with Crippen LogP contribution in [-0.2, 0) is 0 Å². The second kappa shape index (κ2) is 6.58. The van der Waals surface area contributed by atoms with Gasteiger partial charge in [0.1, 0.15) is 0 Å². The topological polar surface area (TPSA) is 49.5 Å². The van der Waals surface area contributed by atoms with Crippen molar-refractivity contribution in [1.29, 1.82) is 0 Å². The molecule has 4 atom stereocenters. The SMILES string of the molecule is CCC1CCC(N)C(CN(C)CC(C)O)C1. The smallest absolute Gasteiger partial charge is 0.0638 e. The molecule has 0 radical (unpaired) electrons. The van der Waals surface area contributed by atoms with Crippen molar-refractivity contribution in [2.24, 2.45) is 17.6 Å². The molecule has 3 N–H and O–H groups in total. The fourth-order valence-corrected chi connectivity index (χ4v) is 2.89. The zero-order chi connectivity index (χ0) is 12.1. The molecule has 1 aliphatic carbocycles. The van der Waals surface area contributed by atoms with E-state index < -0.39 is 0 Å². The maximum Gasteiger partial charge on any atom is 0.0638 e. The molecule has 1 aliphatic rings. The Labute approximate surface area is 100 Å². The van der Waals surface area contributed by atoms with Crippen LogP contribution in [0.2, 0.25) is 0 Å². The lowest BCUT2D eigenvalue weighted by Gasteiger charge is -2.36. The van der Waals surface area contributed by atoms with E-state index in [-0.39, 0.29) is 6.10 Å². The predicted octanol–water partition coefficient (Wildman–Crippen LogP) is 1.45. The van der Waals surface area contributed by atoms with Gasteiger partial charge in [0.15, 0.2) is 0 Å². The van der Waals surface area contributed by atoms with Crippen molar-refractivity contribution in [3.63, 3.8) is 0 Å². The summed E-state index contributed by atoms with van der Waals surface area (Å²) in [7, 11) is 2.08. The molecule has 0 heterocycles. The standard InChI is InChI=1S/C13H28N2O/c1-4-11-5-6-13(14)12(7-11)9-15(3)8-10(2)16/h10-13,16H,4-9,14H2,1-3H3. The van der Waals surface area contributed by atoms with Crippen LogP contribution in [0, 0.1) is 11.8 Å².